The van der Waals surface area contributed by atoms with Crippen molar-refractivity contribution in [2.24, 2.45) is 16.7 Å². The maximum Gasteiger partial charge on any atom is 0.230 e. The van der Waals surface area contributed by atoms with E-state index >= 15 is 0 Å². The second kappa shape index (κ2) is 8.89. The summed E-state index contributed by atoms with van der Waals surface area (Å²) in [6.45, 7) is 12.2. The minimum absolute atomic E-state index is 0.0269. The molecule has 31 heavy (non-hydrogen) atoms. The van der Waals surface area contributed by atoms with Gasteiger partial charge in [-0.1, -0.05) is 19.9 Å². The summed E-state index contributed by atoms with van der Waals surface area (Å²) in [5, 5.41) is 0. The Hall–Kier alpha value is -1.95. The number of rotatable bonds is 6. The average molecular weight is 427 g/mol. The van der Waals surface area contributed by atoms with E-state index in [9.17, 15) is 9.59 Å². The van der Waals surface area contributed by atoms with Gasteiger partial charge in [0.15, 0.2) is 0 Å². The minimum atomic E-state index is -0.296. The van der Waals surface area contributed by atoms with Crippen molar-refractivity contribution in [2.75, 3.05) is 39.3 Å². The molecule has 4 rings (SSSR count). The highest BCUT2D eigenvalue weighted by molar-refractivity contribution is 5.87. The summed E-state index contributed by atoms with van der Waals surface area (Å²) in [7, 11) is 0. The van der Waals surface area contributed by atoms with E-state index in [0.717, 1.165) is 77.9 Å². The number of fused-ring (bicyclic) bond motifs is 1. The van der Waals surface area contributed by atoms with Gasteiger partial charge in [-0.15, -0.1) is 0 Å². The molecule has 0 bridgehead atoms. The summed E-state index contributed by atoms with van der Waals surface area (Å²) in [6.07, 6.45) is 8.38. The number of likely N-dealkylation sites (tertiary alicyclic amines) is 3. The van der Waals surface area contributed by atoms with Crippen LogP contribution >= 0.6 is 0 Å². The number of carbonyl (C=O) groups is 2. The number of pyridine rings is 1. The van der Waals surface area contributed by atoms with Gasteiger partial charge in [0.2, 0.25) is 11.8 Å². The Balaban J connectivity index is 1.55. The van der Waals surface area contributed by atoms with Gasteiger partial charge >= 0.3 is 0 Å². The van der Waals surface area contributed by atoms with Crippen molar-refractivity contribution in [1.29, 1.82) is 0 Å². The molecule has 1 aromatic rings. The Morgan fingerprint density at radius 1 is 1.10 bits per heavy atom. The third-order valence-electron chi connectivity index (χ3n) is 8.42. The Morgan fingerprint density at radius 3 is 2.42 bits per heavy atom. The zero-order chi connectivity index (χ0) is 22.1. The molecule has 0 saturated carbocycles. The normalized spacial score (nSPS) is 26.0. The molecule has 170 valence electrons. The van der Waals surface area contributed by atoms with E-state index in [2.05, 4.69) is 46.5 Å². The number of piperidine rings is 1. The maximum atomic E-state index is 13.7. The van der Waals surface area contributed by atoms with E-state index < -0.39 is 0 Å². The summed E-state index contributed by atoms with van der Waals surface area (Å²) in [6, 6.07) is 4.11. The molecular weight excluding hydrogens is 388 g/mol. The van der Waals surface area contributed by atoms with Crippen molar-refractivity contribution in [3.8, 4) is 0 Å². The molecule has 4 heterocycles. The molecular formula is C25H38N4O2. The maximum absolute atomic E-state index is 13.7. The minimum Gasteiger partial charge on any atom is -0.342 e. The number of hydrogen-bond donors (Lipinski definition) is 0. The highest BCUT2D eigenvalue weighted by Gasteiger charge is 2.64. The Labute approximate surface area is 187 Å². The fourth-order valence-electron chi connectivity index (χ4n) is 6.51. The SMILES string of the molecule is CCC(CC)C(=O)N1CCC2(CC1)CN(Cc1cccnc1)C[C@]21CCN(CC)C1=O. The molecule has 2 amide bonds. The van der Waals surface area contributed by atoms with Crippen LogP contribution in [0.15, 0.2) is 24.5 Å². The van der Waals surface area contributed by atoms with E-state index in [-0.39, 0.29) is 16.7 Å². The van der Waals surface area contributed by atoms with E-state index in [1.165, 1.54) is 5.56 Å². The molecule has 6 nitrogen and oxygen atoms in total. The fourth-order valence-corrected chi connectivity index (χ4v) is 6.51. The molecule has 0 unspecified atom stereocenters. The second-order valence-corrected chi connectivity index (χ2v) is 9.84. The molecule has 0 radical (unpaired) electrons. The highest BCUT2D eigenvalue weighted by atomic mass is 16.2. The third kappa shape index (κ3) is 3.77. The topological polar surface area (TPSA) is 56.8 Å². The number of aromatic nitrogens is 1. The first-order chi connectivity index (χ1) is 15.0. The lowest BCUT2D eigenvalue weighted by Gasteiger charge is -2.47. The summed E-state index contributed by atoms with van der Waals surface area (Å²) >= 11 is 0. The van der Waals surface area contributed by atoms with Crippen LogP contribution in [0.4, 0.5) is 0 Å². The Morgan fingerprint density at radius 2 is 1.84 bits per heavy atom. The predicted octanol–water partition coefficient (Wildman–Crippen LogP) is 3.18. The molecule has 0 aromatic carbocycles. The van der Waals surface area contributed by atoms with Crippen LogP contribution in [0.25, 0.3) is 0 Å². The van der Waals surface area contributed by atoms with E-state index in [0.29, 0.717) is 11.8 Å². The molecule has 2 spiro atoms. The van der Waals surface area contributed by atoms with Crippen molar-refractivity contribution >= 4 is 11.8 Å². The number of carbonyl (C=O) groups excluding carboxylic acids is 2. The van der Waals surface area contributed by atoms with Gasteiger partial charge in [-0.05, 0) is 50.7 Å². The molecule has 3 aliphatic rings. The molecule has 0 aliphatic carbocycles. The van der Waals surface area contributed by atoms with Crippen LogP contribution in [-0.4, -0.2) is 70.8 Å². The largest absolute Gasteiger partial charge is 0.342 e. The summed E-state index contributed by atoms with van der Waals surface area (Å²) in [5.41, 5.74) is 0.879. The standard InChI is InChI=1S/C25H38N4O2/c1-4-21(5-2)22(30)29-13-9-24(10-14-29)18-27(17-20-8-7-12-26-16-20)19-25(24)11-15-28(6-3)23(25)31/h7-8,12,16,21H,4-6,9-11,13-15,17-19H2,1-3H3/t25-/m0/s1. The summed E-state index contributed by atoms with van der Waals surface area (Å²) in [4.78, 5) is 37.5. The van der Waals surface area contributed by atoms with Crippen molar-refractivity contribution < 1.29 is 9.59 Å². The predicted molar refractivity (Wildman–Crippen MR) is 121 cm³/mol. The molecule has 3 aliphatic heterocycles. The summed E-state index contributed by atoms with van der Waals surface area (Å²) < 4.78 is 0. The van der Waals surface area contributed by atoms with Gasteiger partial charge in [-0.25, -0.2) is 0 Å². The molecule has 3 saturated heterocycles. The van der Waals surface area contributed by atoms with E-state index in [1.54, 1.807) is 0 Å². The van der Waals surface area contributed by atoms with Gasteiger partial charge in [-0.3, -0.25) is 19.5 Å². The monoisotopic (exact) mass is 426 g/mol. The van der Waals surface area contributed by atoms with E-state index in [1.807, 2.05) is 18.5 Å². The lowest BCUT2D eigenvalue weighted by molar-refractivity contribution is -0.145. The van der Waals surface area contributed by atoms with Crippen LogP contribution in [0.1, 0.15) is 58.4 Å². The first-order valence-electron chi connectivity index (χ1n) is 12.2. The van der Waals surface area contributed by atoms with Crippen molar-refractivity contribution in [1.82, 2.24) is 19.7 Å². The van der Waals surface area contributed by atoms with Crippen molar-refractivity contribution in [2.45, 2.75) is 59.4 Å². The van der Waals surface area contributed by atoms with Crippen LogP contribution in [-0.2, 0) is 16.1 Å². The van der Waals surface area contributed by atoms with Crippen LogP contribution in [0.3, 0.4) is 0 Å². The van der Waals surface area contributed by atoms with Gasteiger partial charge in [0, 0.05) is 69.5 Å². The van der Waals surface area contributed by atoms with Crippen LogP contribution in [0.5, 0.6) is 0 Å². The molecule has 1 aromatic heterocycles. The van der Waals surface area contributed by atoms with Crippen LogP contribution in [0.2, 0.25) is 0 Å². The van der Waals surface area contributed by atoms with Gasteiger partial charge in [-0.2, -0.15) is 0 Å². The Bertz CT molecular complexity index is 786. The fraction of sp³-hybridized carbons (Fsp3) is 0.720. The quantitative estimate of drug-likeness (QED) is 0.701. The first-order valence-corrected chi connectivity index (χ1v) is 12.2. The average Bonchev–Trinajstić information content (AvgIpc) is 3.27. The van der Waals surface area contributed by atoms with Crippen LogP contribution in [0, 0.1) is 16.7 Å². The smallest absolute Gasteiger partial charge is 0.230 e. The number of hydrogen-bond acceptors (Lipinski definition) is 4. The van der Waals surface area contributed by atoms with Crippen LogP contribution < -0.4 is 0 Å². The highest BCUT2D eigenvalue weighted by Crippen LogP contribution is 2.58. The zero-order valence-electron chi connectivity index (χ0n) is 19.5. The van der Waals surface area contributed by atoms with Gasteiger partial charge in [0.1, 0.15) is 0 Å². The van der Waals surface area contributed by atoms with Crippen molar-refractivity contribution in [3.63, 3.8) is 0 Å². The van der Waals surface area contributed by atoms with Gasteiger partial charge < -0.3 is 9.80 Å². The Kier molecular flexibility index (Phi) is 6.38. The third-order valence-corrected chi connectivity index (χ3v) is 8.42. The first kappa shape index (κ1) is 22.3. The number of nitrogens with zero attached hydrogens (tertiary/aromatic N) is 4. The number of amides is 2. The van der Waals surface area contributed by atoms with Gasteiger partial charge in [0.05, 0.1) is 5.41 Å². The lowest BCUT2D eigenvalue weighted by Crippen LogP contribution is -2.54. The molecule has 1 atom stereocenters. The van der Waals surface area contributed by atoms with E-state index in [4.69, 9.17) is 0 Å². The lowest BCUT2D eigenvalue weighted by atomic mass is 9.60. The van der Waals surface area contributed by atoms with Crippen molar-refractivity contribution in [3.05, 3.63) is 30.1 Å². The second-order valence-electron chi connectivity index (χ2n) is 9.84. The van der Waals surface area contributed by atoms with Gasteiger partial charge in [0.25, 0.3) is 0 Å². The zero-order valence-corrected chi connectivity index (χ0v) is 19.5. The molecule has 6 heteroatoms. The summed E-state index contributed by atoms with van der Waals surface area (Å²) in [5.74, 6) is 0.799. The molecule has 3 fully saturated rings. The molecule has 0 N–H and O–H groups in total.